The van der Waals surface area contributed by atoms with Crippen LogP contribution in [0.15, 0.2) is 55.5 Å². The number of benzene rings is 2. The van der Waals surface area contributed by atoms with Crippen molar-refractivity contribution in [2.75, 3.05) is 13.2 Å². The van der Waals surface area contributed by atoms with E-state index in [1.165, 1.54) is 0 Å². The Morgan fingerprint density at radius 1 is 0.757 bits per heavy atom. The lowest BCUT2D eigenvalue weighted by Crippen LogP contribution is -2.20. The first-order chi connectivity index (χ1) is 17.9. The van der Waals surface area contributed by atoms with Gasteiger partial charge in [-0.1, -0.05) is 58.5 Å². The van der Waals surface area contributed by atoms with E-state index < -0.39 is 0 Å². The second-order valence-electron chi connectivity index (χ2n) is 8.21. The van der Waals surface area contributed by atoms with Gasteiger partial charge in [-0.25, -0.2) is 10.9 Å². The third-order valence-electron chi connectivity index (χ3n) is 5.05. The van der Waals surface area contributed by atoms with Gasteiger partial charge in [-0.05, 0) is 55.7 Å². The maximum atomic E-state index is 12.1. The SMILES string of the molecule is CCCCOc1ccc(Br)cc1/C=N\NC(=O)CCCC(=O)N/N=C\c1cc(Br)ccc1OCCCC. The van der Waals surface area contributed by atoms with Crippen LogP contribution in [0, 0.1) is 0 Å². The lowest BCUT2D eigenvalue weighted by Gasteiger charge is -2.09. The first-order valence-corrected chi connectivity index (χ1v) is 14.0. The minimum Gasteiger partial charge on any atom is -0.493 e. The predicted octanol–water partition coefficient (Wildman–Crippen LogP) is 6.34. The maximum absolute atomic E-state index is 12.1. The second-order valence-corrected chi connectivity index (χ2v) is 10.0. The lowest BCUT2D eigenvalue weighted by molar-refractivity contribution is -0.122. The largest absolute Gasteiger partial charge is 0.493 e. The Kier molecular flexibility index (Phi) is 14.6. The molecule has 0 aliphatic rings. The number of carbonyl (C=O) groups is 2. The Hall–Kier alpha value is -2.72. The van der Waals surface area contributed by atoms with Crippen LogP contribution in [0.4, 0.5) is 0 Å². The number of rotatable bonds is 16. The van der Waals surface area contributed by atoms with Crippen LogP contribution in [0.3, 0.4) is 0 Å². The van der Waals surface area contributed by atoms with Crippen LogP contribution in [-0.4, -0.2) is 37.5 Å². The number of carbonyl (C=O) groups excluding carboxylic acids is 2. The van der Waals surface area contributed by atoms with Crippen LogP contribution in [-0.2, 0) is 9.59 Å². The molecule has 0 heterocycles. The Balaban J connectivity index is 1.75. The van der Waals surface area contributed by atoms with E-state index in [0.29, 0.717) is 31.1 Å². The monoisotopic (exact) mass is 636 g/mol. The fraction of sp³-hybridized carbons (Fsp3) is 0.407. The summed E-state index contributed by atoms with van der Waals surface area (Å²) in [5.74, 6) is 0.849. The van der Waals surface area contributed by atoms with Gasteiger partial charge in [0.25, 0.3) is 0 Å². The molecule has 0 aliphatic heterocycles. The molecule has 0 fully saturated rings. The molecule has 0 saturated carbocycles. The molecule has 0 radical (unpaired) electrons. The molecule has 0 unspecified atom stereocenters. The van der Waals surface area contributed by atoms with E-state index in [2.05, 4.69) is 66.8 Å². The topological polar surface area (TPSA) is 101 Å². The van der Waals surface area contributed by atoms with Crippen molar-refractivity contribution < 1.29 is 19.1 Å². The van der Waals surface area contributed by atoms with Crippen LogP contribution < -0.4 is 20.3 Å². The molecule has 10 heteroatoms. The molecule has 2 N–H and O–H groups in total. The zero-order valence-corrected chi connectivity index (χ0v) is 24.4. The van der Waals surface area contributed by atoms with Crippen molar-refractivity contribution in [3.8, 4) is 11.5 Å². The number of hydrogen-bond acceptors (Lipinski definition) is 6. The van der Waals surface area contributed by atoms with Crippen molar-refractivity contribution in [3.63, 3.8) is 0 Å². The number of ether oxygens (including phenoxy) is 2. The number of nitrogens with zero attached hydrogens (tertiary/aromatic N) is 2. The van der Waals surface area contributed by atoms with Gasteiger partial charge in [0, 0.05) is 32.9 Å². The maximum Gasteiger partial charge on any atom is 0.240 e. The van der Waals surface area contributed by atoms with Crippen molar-refractivity contribution in [2.24, 2.45) is 10.2 Å². The molecule has 2 aromatic carbocycles. The molecule has 37 heavy (non-hydrogen) atoms. The zero-order chi connectivity index (χ0) is 26.9. The average molecular weight is 638 g/mol. The van der Waals surface area contributed by atoms with Crippen LogP contribution in [0.25, 0.3) is 0 Å². The molecular formula is C27H34Br2N4O4. The second kappa shape index (κ2) is 17.7. The van der Waals surface area contributed by atoms with Crippen molar-refractivity contribution in [2.45, 2.75) is 58.8 Å². The molecule has 2 aromatic rings. The smallest absolute Gasteiger partial charge is 0.240 e. The van der Waals surface area contributed by atoms with Gasteiger partial charge in [0.05, 0.1) is 25.6 Å². The van der Waals surface area contributed by atoms with Crippen molar-refractivity contribution in [1.82, 2.24) is 10.9 Å². The summed E-state index contributed by atoms with van der Waals surface area (Å²) in [5, 5.41) is 8.06. The molecule has 200 valence electrons. The molecule has 2 amide bonds. The van der Waals surface area contributed by atoms with Gasteiger partial charge in [-0.2, -0.15) is 10.2 Å². The molecule has 0 saturated heterocycles. The van der Waals surface area contributed by atoms with Crippen molar-refractivity contribution in [3.05, 3.63) is 56.5 Å². The highest BCUT2D eigenvalue weighted by atomic mass is 79.9. The number of halogens is 2. The number of hydrogen-bond donors (Lipinski definition) is 2. The normalized spacial score (nSPS) is 11.1. The molecule has 0 aromatic heterocycles. The van der Waals surface area contributed by atoms with Gasteiger partial charge in [-0.3, -0.25) is 9.59 Å². The van der Waals surface area contributed by atoms with Gasteiger partial charge < -0.3 is 9.47 Å². The first kappa shape index (κ1) is 30.5. The summed E-state index contributed by atoms with van der Waals surface area (Å²) >= 11 is 6.87. The molecule has 0 spiro atoms. The molecule has 0 aliphatic carbocycles. The minimum absolute atomic E-state index is 0.161. The van der Waals surface area contributed by atoms with E-state index in [0.717, 1.165) is 45.8 Å². The van der Waals surface area contributed by atoms with E-state index in [1.807, 2.05) is 36.4 Å². The van der Waals surface area contributed by atoms with E-state index in [9.17, 15) is 9.59 Å². The fourth-order valence-electron chi connectivity index (χ4n) is 3.03. The Bertz CT molecular complexity index is 993. The number of nitrogens with one attached hydrogen (secondary N) is 2. The predicted molar refractivity (Wildman–Crippen MR) is 154 cm³/mol. The highest BCUT2D eigenvalue weighted by molar-refractivity contribution is 9.10. The third kappa shape index (κ3) is 12.4. The summed E-state index contributed by atoms with van der Waals surface area (Å²) in [6.07, 6.45) is 7.79. The highest BCUT2D eigenvalue weighted by Crippen LogP contribution is 2.23. The summed E-state index contributed by atoms with van der Waals surface area (Å²) in [4.78, 5) is 24.2. The number of unbranched alkanes of at least 4 members (excludes halogenated alkanes) is 2. The van der Waals surface area contributed by atoms with Crippen molar-refractivity contribution in [1.29, 1.82) is 0 Å². The minimum atomic E-state index is -0.279. The standard InChI is InChI=1S/C27H34Br2N4O4/c1-3-5-14-36-24-12-10-22(28)16-20(24)18-30-32-26(34)8-7-9-27(35)33-31-19-21-17-23(29)11-13-25(21)37-15-6-4-2/h10-13,16-19H,3-9,14-15H2,1-2H3,(H,32,34)(H,33,35)/b30-18-,31-19-. The van der Waals surface area contributed by atoms with Gasteiger partial charge in [0.2, 0.25) is 11.8 Å². The van der Waals surface area contributed by atoms with E-state index in [-0.39, 0.29) is 24.7 Å². The Labute approximate surface area is 235 Å². The van der Waals surface area contributed by atoms with Crippen LogP contribution in [0.2, 0.25) is 0 Å². The summed E-state index contributed by atoms with van der Waals surface area (Å²) < 4.78 is 13.3. The third-order valence-corrected chi connectivity index (χ3v) is 6.03. The lowest BCUT2D eigenvalue weighted by atomic mass is 10.2. The van der Waals surface area contributed by atoms with Gasteiger partial charge in [0.1, 0.15) is 11.5 Å². The molecule has 8 nitrogen and oxygen atoms in total. The zero-order valence-electron chi connectivity index (χ0n) is 21.3. The van der Waals surface area contributed by atoms with Gasteiger partial charge >= 0.3 is 0 Å². The van der Waals surface area contributed by atoms with Crippen LogP contribution in [0.5, 0.6) is 11.5 Å². The quantitative estimate of drug-likeness (QED) is 0.127. The number of hydrazone groups is 2. The van der Waals surface area contributed by atoms with Crippen LogP contribution >= 0.6 is 31.9 Å². The fourth-order valence-corrected chi connectivity index (χ4v) is 3.78. The summed E-state index contributed by atoms with van der Waals surface area (Å²) in [6.45, 7) is 5.44. The highest BCUT2D eigenvalue weighted by Gasteiger charge is 2.07. The van der Waals surface area contributed by atoms with E-state index in [4.69, 9.17) is 9.47 Å². The Morgan fingerprint density at radius 3 is 1.59 bits per heavy atom. The summed E-state index contributed by atoms with van der Waals surface area (Å²) in [6, 6.07) is 11.3. The Morgan fingerprint density at radius 2 is 1.19 bits per heavy atom. The molecule has 0 bridgehead atoms. The summed E-state index contributed by atoms with van der Waals surface area (Å²) in [7, 11) is 0. The average Bonchev–Trinajstić information content (AvgIpc) is 2.87. The molecular weight excluding hydrogens is 604 g/mol. The van der Waals surface area contributed by atoms with Gasteiger partial charge in [-0.15, -0.1) is 0 Å². The van der Waals surface area contributed by atoms with Gasteiger partial charge in [0.15, 0.2) is 0 Å². The van der Waals surface area contributed by atoms with E-state index >= 15 is 0 Å². The van der Waals surface area contributed by atoms with E-state index in [1.54, 1.807) is 12.4 Å². The van der Waals surface area contributed by atoms with Crippen LogP contribution in [0.1, 0.15) is 69.9 Å². The first-order valence-electron chi connectivity index (χ1n) is 12.4. The number of amides is 2. The molecule has 2 rings (SSSR count). The molecule has 0 atom stereocenters. The van der Waals surface area contributed by atoms with Crippen molar-refractivity contribution >= 4 is 56.1 Å². The summed E-state index contributed by atoms with van der Waals surface area (Å²) in [5.41, 5.74) is 6.51.